The SMILES string of the molecule is CCCNC(CCC1CCCCC1)c1cnnn1C. The van der Waals surface area contributed by atoms with Gasteiger partial charge >= 0.3 is 0 Å². The molecule has 4 nitrogen and oxygen atoms in total. The Morgan fingerprint density at radius 3 is 2.79 bits per heavy atom. The summed E-state index contributed by atoms with van der Waals surface area (Å²) >= 11 is 0. The van der Waals surface area contributed by atoms with Gasteiger partial charge in [0.05, 0.1) is 17.9 Å². The van der Waals surface area contributed by atoms with E-state index in [-0.39, 0.29) is 0 Å². The molecule has 1 fully saturated rings. The topological polar surface area (TPSA) is 42.7 Å². The van der Waals surface area contributed by atoms with Crippen LogP contribution in [-0.2, 0) is 7.05 Å². The molecule has 1 saturated carbocycles. The molecule has 1 unspecified atom stereocenters. The Hall–Kier alpha value is -0.900. The van der Waals surface area contributed by atoms with E-state index >= 15 is 0 Å². The molecule has 1 N–H and O–H groups in total. The first-order valence-corrected chi connectivity index (χ1v) is 7.89. The first-order chi connectivity index (χ1) is 9.31. The normalized spacial score (nSPS) is 18.6. The van der Waals surface area contributed by atoms with Gasteiger partial charge in [0.25, 0.3) is 0 Å². The predicted molar refractivity (Wildman–Crippen MR) is 77.8 cm³/mol. The number of rotatable bonds is 7. The molecule has 0 aliphatic heterocycles. The summed E-state index contributed by atoms with van der Waals surface area (Å²) in [5.41, 5.74) is 1.23. The van der Waals surface area contributed by atoms with Gasteiger partial charge < -0.3 is 5.32 Å². The summed E-state index contributed by atoms with van der Waals surface area (Å²) in [5.74, 6) is 0.945. The van der Waals surface area contributed by atoms with E-state index in [2.05, 4.69) is 22.6 Å². The van der Waals surface area contributed by atoms with Crippen LogP contribution in [0, 0.1) is 5.92 Å². The molecule has 0 aromatic carbocycles. The quantitative estimate of drug-likeness (QED) is 0.822. The molecule has 1 atom stereocenters. The van der Waals surface area contributed by atoms with Crippen LogP contribution in [0.4, 0.5) is 0 Å². The number of aromatic nitrogens is 3. The van der Waals surface area contributed by atoms with Gasteiger partial charge in [0.2, 0.25) is 0 Å². The van der Waals surface area contributed by atoms with E-state index < -0.39 is 0 Å². The molecule has 4 heteroatoms. The number of hydrogen-bond acceptors (Lipinski definition) is 3. The predicted octanol–water partition coefficient (Wildman–Crippen LogP) is 3.22. The molecular formula is C15H28N4. The average molecular weight is 264 g/mol. The van der Waals surface area contributed by atoms with Gasteiger partial charge in [-0.1, -0.05) is 44.2 Å². The molecule has 1 heterocycles. The van der Waals surface area contributed by atoms with E-state index in [9.17, 15) is 0 Å². The van der Waals surface area contributed by atoms with Crippen LogP contribution in [0.1, 0.15) is 70.0 Å². The molecule has 19 heavy (non-hydrogen) atoms. The van der Waals surface area contributed by atoms with Crippen LogP contribution in [0.25, 0.3) is 0 Å². The highest BCUT2D eigenvalue weighted by Crippen LogP contribution is 2.30. The van der Waals surface area contributed by atoms with Crippen molar-refractivity contribution in [2.45, 2.75) is 64.3 Å². The summed E-state index contributed by atoms with van der Waals surface area (Å²) in [6.07, 6.45) is 12.8. The summed E-state index contributed by atoms with van der Waals surface area (Å²) in [6.45, 7) is 3.28. The number of nitrogens with zero attached hydrogens (tertiary/aromatic N) is 3. The van der Waals surface area contributed by atoms with Crippen LogP contribution in [0.5, 0.6) is 0 Å². The van der Waals surface area contributed by atoms with E-state index in [0.717, 1.165) is 12.5 Å². The zero-order chi connectivity index (χ0) is 13.5. The second kappa shape index (κ2) is 7.63. The van der Waals surface area contributed by atoms with Gasteiger partial charge in [0.1, 0.15) is 0 Å². The van der Waals surface area contributed by atoms with Crippen LogP contribution >= 0.6 is 0 Å². The lowest BCUT2D eigenvalue weighted by molar-refractivity contribution is 0.311. The van der Waals surface area contributed by atoms with Gasteiger partial charge in [-0.2, -0.15) is 0 Å². The van der Waals surface area contributed by atoms with E-state index in [4.69, 9.17) is 0 Å². The van der Waals surface area contributed by atoms with Crippen LogP contribution in [0.3, 0.4) is 0 Å². The minimum atomic E-state index is 0.418. The Labute approximate surface area is 117 Å². The summed E-state index contributed by atoms with van der Waals surface area (Å²) < 4.78 is 1.91. The van der Waals surface area contributed by atoms with Crippen molar-refractivity contribution in [3.63, 3.8) is 0 Å². The molecule has 0 amide bonds. The maximum absolute atomic E-state index is 4.07. The second-order valence-electron chi connectivity index (χ2n) is 5.87. The first-order valence-electron chi connectivity index (χ1n) is 7.89. The summed E-state index contributed by atoms with van der Waals surface area (Å²) in [7, 11) is 1.99. The summed E-state index contributed by atoms with van der Waals surface area (Å²) in [5, 5.41) is 11.7. The van der Waals surface area contributed by atoms with Crippen molar-refractivity contribution < 1.29 is 0 Å². The Morgan fingerprint density at radius 2 is 2.16 bits per heavy atom. The fourth-order valence-corrected chi connectivity index (χ4v) is 3.16. The van der Waals surface area contributed by atoms with E-state index in [1.807, 2.05) is 17.9 Å². The fraction of sp³-hybridized carbons (Fsp3) is 0.867. The minimum absolute atomic E-state index is 0.418. The molecule has 1 aromatic heterocycles. The van der Waals surface area contributed by atoms with Gasteiger partial charge in [-0.05, 0) is 31.7 Å². The first kappa shape index (κ1) is 14.5. The Balaban J connectivity index is 1.88. The van der Waals surface area contributed by atoms with E-state index in [0.29, 0.717) is 6.04 Å². The maximum Gasteiger partial charge on any atom is 0.0753 e. The second-order valence-corrected chi connectivity index (χ2v) is 5.87. The van der Waals surface area contributed by atoms with Crippen LogP contribution in [-0.4, -0.2) is 21.5 Å². The van der Waals surface area contributed by atoms with Crippen LogP contribution in [0.15, 0.2) is 6.20 Å². The van der Waals surface area contributed by atoms with E-state index in [1.54, 1.807) is 0 Å². The molecule has 1 aromatic rings. The van der Waals surface area contributed by atoms with Gasteiger partial charge in [-0.3, -0.25) is 4.68 Å². The standard InChI is InChI=1S/C15H28N4/c1-3-11-16-14(15-12-17-18-19(15)2)10-9-13-7-5-4-6-8-13/h12-14,16H,3-11H2,1-2H3. The lowest BCUT2D eigenvalue weighted by Gasteiger charge is -2.24. The number of hydrogen-bond donors (Lipinski definition) is 1. The molecular weight excluding hydrogens is 236 g/mol. The van der Waals surface area contributed by atoms with Crippen LogP contribution in [0.2, 0.25) is 0 Å². The van der Waals surface area contributed by atoms with E-state index in [1.165, 1.54) is 57.1 Å². The lowest BCUT2D eigenvalue weighted by Crippen LogP contribution is -2.25. The molecule has 2 rings (SSSR count). The molecule has 1 aliphatic rings. The molecule has 1 aliphatic carbocycles. The highest BCUT2D eigenvalue weighted by atomic mass is 15.4. The Morgan fingerprint density at radius 1 is 1.37 bits per heavy atom. The number of aryl methyl sites for hydroxylation is 1. The van der Waals surface area contributed by atoms with Gasteiger partial charge in [-0.15, -0.1) is 5.10 Å². The van der Waals surface area contributed by atoms with Crippen molar-refractivity contribution in [1.82, 2.24) is 20.3 Å². The molecule has 0 bridgehead atoms. The van der Waals surface area contributed by atoms with Gasteiger partial charge in [-0.25, -0.2) is 0 Å². The number of nitrogens with one attached hydrogen (secondary N) is 1. The highest BCUT2D eigenvalue weighted by Gasteiger charge is 2.19. The minimum Gasteiger partial charge on any atom is -0.309 e. The zero-order valence-corrected chi connectivity index (χ0v) is 12.4. The van der Waals surface area contributed by atoms with Gasteiger partial charge in [0.15, 0.2) is 0 Å². The van der Waals surface area contributed by atoms with Crippen molar-refractivity contribution in [3.8, 4) is 0 Å². The maximum atomic E-state index is 4.07. The van der Waals surface area contributed by atoms with Crippen molar-refractivity contribution in [1.29, 1.82) is 0 Å². The zero-order valence-electron chi connectivity index (χ0n) is 12.4. The molecule has 0 radical (unpaired) electrons. The Bertz CT molecular complexity index is 355. The van der Waals surface area contributed by atoms with Crippen molar-refractivity contribution in [2.24, 2.45) is 13.0 Å². The van der Waals surface area contributed by atoms with Crippen molar-refractivity contribution in [2.75, 3.05) is 6.54 Å². The highest BCUT2D eigenvalue weighted by molar-refractivity contribution is 5.01. The fourth-order valence-electron chi connectivity index (χ4n) is 3.16. The largest absolute Gasteiger partial charge is 0.309 e. The van der Waals surface area contributed by atoms with Crippen LogP contribution < -0.4 is 5.32 Å². The monoisotopic (exact) mass is 264 g/mol. The smallest absolute Gasteiger partial charge is 0.0753 e. The Kier molecular flexibility index (Phi) is 5.83. The third kappa shape index (κ3) is 4.30. The molecule has 0 saturated heterocycles. The third-order valence-electron chi connectivity index (χ3n) is 4.34. The van der Waals surface area contributed by atoms with Crippen molar-refractivity contribution in [3.05, 3.63) is 11.9 Å². The molecule has 0 spiro atoms. The third-order valence-corrected chi connectivity index (χ3v) is 4.34. The average Bonchev–Trinajstić information content (AvgIpc) is 2.86. The molecule has 108 valence electrons. The summed E-state index contributed by atoms with van der Waals surface area (Å²) in [6, 6.07) is 0.418. The van der Waals surface area contributed by atoms with Crippen molar-refractivity contribution >= 4 is 0 Å². The summed E-state index contributed by atoms with van der Waals surface area (Å²) in [4.78, 5) is 0. The lowest BCUT2D eigenvalue weighted by atomic mass is 9.85. The van der Waals surface area contributed by atoms with Gasteiger partial charge in [0, 0.05) is 7.05 Å².